The van der Waals surface area contributed by atoms with Gasteiger partial charge in [-0.1, -0.05) is 23.4 Å². The predicted octanol–water partition coefficient (Wildman–Crippen LogP) is 4.14. The lowest BCUT2D eigenvalue weighted by molar-refractivity contribution is -0.136. The molecule has 2 rings (SSSR count). The van der Waals surface area contributed by atoms with Gasteiger partial charge < -0.3 is 14.6 Å². The second kappa shape index (κ2) is 7.42. The summed E-state index contributed by atoms with van der Waals surface area (Å²) in [5.41, 5.74) is 0.671. The van der Waals surface area contributed by atoms with Crippen LogP contribution in [0, 0.1) is 0 Å². The number of hydrogen-bond donors (Lipinski definition) is 1. The average Bonchev–Trinajstić information content (AvgIpc) is 2.50. The predicted molar refractivity (Wildman–Crippen MR) is 86.5 cm³/mol. The van der Waals surface area contributed by atoms with Crippen molar-refractivity contribution in [2.45, 2.75) is 16.2 Å². The van der Waals surface area contributed by atoms with Gasteiger partial charge in [0.25, 0.3) is 0 Å². The van der Waals surface area contributed by atoms with Crippen LogP contribution in [0.1, 0.15) is 5.56 Å². The van der Waals surface area contributed by atoms with Crippen LogP contribution < -0.4 is 9.47 Å². The number of carboxylic acids is 1. The summed E-state index contributed by atoms with van der Waals surface area (Å²) < 4.78 is 10.5. The first-order valence-corrected chi connectivity index (χ1v) is 7.63. The highest BCUT2D eigenvalue weighted by Gasteiger charge is 2.14. The molecule has 4 nitrogen and oxygen atoms in total. The largest absolute Gasteiger partial charge is 0.493 e. The van der Waals surface area contributed by atoms with Crippen molar-refractivity contribution < 1.29 is 19.4 Å². The van der Waals surface area contributed by atoms with Crippen molar-refractivity contribution in [3.05, 3.63) is 47.0 Å². The molecule has 0 atom stereocenters. The molecule has 0 saturated heterocycles. The fraction of sp³-hybridized carbons (Fsp3) is 0.188. The van der Waals surface area contributed by atoms with Gasteiger partial charge in [-0.3, -0.25) is 4.79 Å². The number of carbonyl (C=O) groups is 1. The number of carboxylic acid groups (broad SMARTS) is 1. The number of ether oxygens (including phenoxy) is 2. The van der Waals surface area contributed by atoms with E-state index >= 15 is 0 Å². The number of methoxy groups -OCH3 is 2. The van der Waals surface area contributed by atoms with Gasteiger partial charge in [0.2, 0.25) is 0 Å². The number of rotatable bonds is 6. The molecule has 0 aliphatic carbocycles. The van der Waals surface area contributed by atoms with Gasteiger partial charge in [0, 0.05) is 14.8 Å². The van der Waals surface area contributed by atoms with Gasteiger partial charge in [0.1, 0.15) is 0 Å². The smallest absolute Gasteiger partial charge is 0.307 e. The topological polar surface area (TPSA) is 55.8 Å². The maximum Gasteiger partial charge on any atom is 0.307 e. The first-order chi connectivity index (χ1) is 10.5. The first kappa shape index (κ1) is 16.5. The van der Waals surface area contributed by atoms with Crippen molar-refractivity contribution in [2.75, 3.05) is 14.2 Å². The zero-order chi connectivity index (χ0) is 16.1. The van der Waals surface area contributed by atoms with E-state index in [2.05, 4.69) is 0 Å². The molecule has 0 amide bonds. The van der Waals surface area contributed by atoms with Crippen LogP contribution >= 0.6 is 23.4 Å². The number of benzene rings is 2. The Kier molecular flexibility index (Phi) is 5.57. The van der Waals surface area contributed by atoms with E-state index in [1.807, 2.05) is 12.1 Å². The Morgan fingerprint density at radius 2 is 1.73 bits per heavy atom. The fourth-order valence-electron chi connectivity index (χ4n) is 1.93. The Hall–Kier alpha value is -1.85. The third-order valence-corrected chi connectivity index (χ3v) is 4.31. The van der Waals surface area contributed by atoms with Crippen LogP contribution in [0.3, 0.4) is 0 Å². The molecule has 2 aromatic carbocycles. The maximum absolute atomic E-state index is 11.1. The Bertz CT molecular complexity index is 671. The highest BCUT2D eigenvalue weighted by atomic mass is 35.5. The van der Waals surface area contributed by atoms with E-state index in [4.69, 9.17) is 26.2 Å². The second-order valence-electron chi connectivity index (χ2n) is 4.44. The van der Waals surface area contributed by atoms with E-state index in [-0.39, 0.29) is 6.42 Å². The molecular weight excluding hydrogens is 324 g/mol. The molecule has 2 aromatic rings. The molecule has 22 heavy (non-hydrogen) atoms. The summed E-state index contributed by atoms with van der Waals surface area (Å²) in [5, 5.41) is 9.74. The average molecular weight is 339 g/mol. The third kappa shape index (κ3) is 4.08. The van der Waals surface area contributed by atoms with Crippen molar-refractivity contribution in [3.63, 3.8) is 0 Å². The van der Waals surface area contributed by atoms with E-state index in [1.54, 1.807) is 31.4 Å². The van der Waals surface area contributed by atoms with Gasteiger partial charge >= 0.3 is 5.97 Å². The lowest BCUT2D eigenvalue weighted by Gasteiger charge is -2.14. The van der Waals surface area contributed by atoms with Crippen molar-refractivity contribution >= 4 is 29.3 Å². The molecule has 0 aromatic heterocycles. The second-order valence-corrected chi connectivity index (χ2v) is 5.99. The van der Waals surface area contributed by atoms with Crippen LogP contribution in [0.25, 0.3) is 0 Å². The minimum absolute atomic E-state index is 0.0870. The molecular formula is C16H15ClO4S. The van der Waals surface area contributed by atoms with Crippen LogP contribution in [-0.4, -0.2) is 25.3 Å². The standard InChI is InChI=1S/C16H15ClO4S/c1-20-13-7-10(8-16(18)19)15(9-14(13)21-2)22-12-5-3-11(17)4-6-12/h3-7,9H,8H2,1-2H3,(H,18,19). The van der Waals surface area contributed by atoms with E-state index in [0.29, 0.717) is 22.1 Å². The van der Waals surface area contributed by atoms with Crippen molar-refractivity contribution in [1.82, 2.24) is 0 Å². The van der Waals surface area contributed by atoms with Gasteiger partial charge in [-0.05, 0) is 42.0 Å². The van der Waals surface area contributed by atoms with Crippen molar-refractivity contribution in [3.8, 4) is 11.5 Å². The number of aliphatic carboxylic acids is 1. The van der Waals surface area contributed by atoms with Crippen LogP contribution in [0.15, 0.2) is 46.2 Å². The highest BCUT2D eigenvalue weighted by Crippen LogP contribution is 2.38. The summed E-state index contributed by atoms with van der Waals surface area (Å²) in [4.78, 5) is 12.8. The summed E-state index contributed by atoms with van der Waals surface area (Å²) in [6.45, 7) is 0. The summed E-state index contributed by atoms with van der Waals surface area (Å²) in [7, 11) is 3.07. The quantitative estimate of drug-likeness (QED) is 0.858. The lowest BCUT2D eigenvalue weighted by Crippen LogP contribution is -2.03. The van der Waals surface area contributed by atoms with Gasteiger partial charge in [-0.2, -0.15) is 0 Å². The molecule has 116 valence electrons. The molecule has 0 spiro atoms. The van der Waals surface area contributed by atoms with Gasteiger partial charge in [-0.25, -0.2) is 0 Å². The monoisotopic (exact) mass is 338 g/mol. The SMILES string of the molecule is COc1cc(CC(=O)O)c(Sc2ccc(Cl)cc2)cc1OC. The lowest BCUT2D eigenvalue weighted by atomic mass is 10.1. The first-order valence-electron chi connectivity index (χ1n) is 6.43. The van der Waals surface area contributed by atoms with Crippen LogP contribution in [0.4, 0.5) is 0 Å². The molecule has 0 heterocycles. The Morgan fingerprint density at radius 3 is 2.27 bits per heavy atom. The van der Waals surface area contributed by atoms with E-state index in [1.165, 1.54) is 18.9 Å². The van der Waals surface area contributed by atoms with Crippen LogP contribution in [0.2, 0.25) is 5.02 Å². The number of halogens is 1. The summed E-state index contributed by atoms with van der Waals surface area (Å²) in [6.07, 6.45) is -0.0870. The molecule has 0 saturated carbocycles. The zero-order valence-corrected chi connectivity index (χ0v) is 13.7. The fourth-order valence-corrected chi connectivity index (χ4v) is 3.01. The van der Waals surface area contributed by atoms with Gasteiger partial charge in [0.15, 0.2) is 11.5 Å². The van der Waals surface area contributed by atoms with E-state index < -0.39 is 5.97 Å². The van der Waals surface area contributed by atoms with Crippen LogP contribution in [-0.2, 0) is 11.2 Å². The molecule has 0 aliphatic heterocycles. The molecule has 0 unspecified atom stereocenters. The molecule has 0 radical (unpaired) electrons. The number of hydrogen-bond acceptors (Lipinski definition) is 4. The zero-order valence-electron chi connectivity index (χ0n) is 12.1. The molecule has 6 heteroatoms. The molecule has 0 bridgehead atoms. The molecule has 1 N–H and O–H groups in total. The Labute approximate surface area is 138 Å². The highest BCUT2D eigenvalue weighted by molar-refractivity contribution is 7.99. The normalized spacial score (nSPS) is 10.3. The molecule has 0 fully saturated rings. The van der Waals surface area contributed by atoms with Crippen molar-refractivity contribution in [2.24, 2.45) is 0 Å². The summed E-state index contributed by atoms with van der Waals surface area (Å²) in [5.74, 6) is 0.178. The van der Waals surface area contributed by atoms with Gasteiger partial charge in [0.05, 0.1) is 20.6 Å². The van der Waals surface area contributed by atoms with Gasteiger partial charge in [-0.15, -0.1) is 0 Å². The molecule has 0 aliphatic rings. The van der Waals surface area contributed by atoms with Crippen molar-refractivity contribution in [1.29, 1.82) is 0 Å². The summed E-state index contributed by atoms with van der Waals surface area (Å²) >= 11 is 7.33. The Morgan fingerprint density at radius 1 is 1.14 bits per heavy atom. The third-order valence-electron chi connectivity index (χ3n) is 2.95. The maximum atomic E-state index is 11.1. The minimum Gasteiger partial charge on any atom is -0.493 e. The Balaban J connectivity index is 2.41. The minimum atomic E-state index is -0.898. The van der Waals surface area contributed by atoms with E-state index in [9.17, 15) is 4.79 Å². The van der Waals surface area contributed by atoms with E-state index in [0.717, 1.165) is 9.79 Å². The summed E-state index contributed by atoms with van der Waals surface area (Å²) in [6, 6.07) is 10.8. The van der Waals surface area contributed by atoms with Crippen LogP contribution in [0.5, 0.6) is 11.5 Å².